The van der Waals surface area contributed by atoms with E-state index < -0.39 is 0 Å². The molecule has 0 amide bonds. The third-order valence-corrected chi connectivity index (χ3v) is 2.85. The largest absolute Gasteiger partial charge is 0.465 e. The second-order valence-electron chi connectivity index (χ2n) is 4.91. The summed E-state index contributed by atoms with van der Waals surface area (Å²) in [6, 6.07) is 7.64. The third-order valence-electron chi connectivity index (χ3n) is 2.85. The lowest BCUT2D eigenvalue weighted by molar-refractivity contribution is 0.0600. The summed E-state index contributed by atoms with van der Waals surface area (Å²) in [5.74, 6) is 0.385. The number of carbonyl (C=O) groups excluding carboxylic acids is 1. The van der Waals surface area contributed by atoms with Crippen LogP contribution in [-0.4, -0.2) is 31.1 Å². The fraction of sp³-hybridized carbons (Fsp3) is 0.533. The van der Waals surface area contributed by atoms with Gasteiger partial charge in [0.15, 0.2) is 0 Å². The first-order chi connectivity index (χ1) is 8.56. The highest BCUT2D eigenvalue weighted by molar-refractivity contribution is 5.89. The van der Waals surface area contributed by atoms with Gasteiger partial charge in [0.05, 0.1) is 12.7 Å². The van der Waals surface area contributed by atoms with Crippen LogP contribution in [0.5, 0.6) is 0 Å². The summed E-state index contributed by atoms with van der Waals surface area (Å²) >= 11 is 0. The van der Waals surface area contributed by atoms with Crippen LogP contribution in [0.25, 0.3) is 0 Å². The van der Waals surface area contributed by atoms with Gasteiger partial charge in [-0.15, -0.1) is 0 Å². The summed E-state index contributed by atoms with van der Waals surface area (Å²) in [5, 5.41) is 0. The van der Waals surface area contributed by atoms with Crippen molar-refractivity contribution in [3.63, 3.8) is 0 Å². The molecule has 0 heterocycles. The van der Waals surface area contributed by atoms with Crippen molar-refractivity contribution in [1.82, 2.24) is 4.90 Å². The van der Waals surface area contributed by atoms with Gasteiger partial charge in [0.2, 0.25) is 0 Å². The van der Waals surface area contributed by atoms with Crippen LogP contribution in [0.15, 0.2) is 24.3 Å². The molecule has 0 aliphatic carbocycles. The Morgan fingerprint density at radius 2 is 1.89 bits per heavy atom. The maximum atomic E-state index is 11.3. The number of hydrogen-bond donors (Lipinski definition) is 0. The zero-order chi connectivity index (χ0) is 13.5. The number of carbonyl (C=O) groups is 1. The van der Waals surface area contributed by atoms with E-state index >= 15 is 0 Å². The minimum absolute atomic E-state index is 0.281. The number of hydrogen-bond acceptors (Lipinski definition) is 3. The molecule has 1 rings (SSSR count). The zero-order valence-corrected chi connectivity index (χ0v) is 11.8. The molecule has 0 fully saturated rings. The van der Waals surface area contributed by atoms with Crippen LogP contribution in [0.3, 0.4) is 0 Å². The van der Waals surface area contributed by atoms with E-state index in [1.54, 1.807) is 0 Å². The molecule has 100 valence electrons. The highest BCUT2D eigenvalue weighted by Crippen LogP contribution is 2.10. The van der Waals surface area contributed by atoms with Gasteiger partial charge in [0.25, 0.3) is 0 Å². The molecular weight excluding hydrogens is 226 g/mol. The molecule has 0 spiro atoms. The number of nitrogens with zero attached hydrogens (tertiary/aromatic N) is 1. The van der Waals surface area contributed by atoms with E-state index in [0.29, 0.717) is 11.5 Å². The molecule has 0 saturated heterocycles. The van der Waals surface area contributed by atoms with Crippen LogP contribution < -0.4 is 0 Å². The van der Waals surface area contributed by atoms with Gasteiger partial charge in [-0.1, -0.05) is 32.9 Å². The van der Waals surface area contributed by atoms with Gasteiger partial charge in [0, 0.05) is 13.1 Å². The maximum Gasteiger partial charge on any atom is 0.337 e. The van der Waals surface area contributed by atoms with Crippen molar-refractivity contribution < 1.29 is 9.53 Å². The van der Waals surface area contributed by atoms with Gasteiger partial charge in [-0.3, -0.25) is 4.90 Å². The summed E-state index contributed by atoms with van der Waals surface area (Å²) in [6.45, 7) is 9.68. The molecule has 18 heavy (non-hydrogen) atoms. The Balaban J connectivity index is 2.64. The summed E-state index contributed by atoms with van der Waals surface area (Å²) < 4.78 is 4.68. The Morgan fingerprint density at radius 1 is 1.28 bits per heavy atom. The lowest BCUT2D eigenvalue weighted by Gasteiger charge is -2.22. The molecule has 0 saturated carbocycles. The van der Waals surface area contributed by atoms with E-state index in [4.69, 9.17) is 0 Å². The first kappa shape index (κ1) is 14.7. The summed E-state index contributed by atoms with van der Waals surface area (Å²) in [7, 11) is 1.40. The Bertz CT molecular complexity index is 371. The van der Waals surface area contributed by atoms with Crippen LogP contribution in [-0.2, 0) is 11.3 Å². The highest BCUT2D eigenvalue weighted by Gasteiger charge is 2.08. The predicted octanol–water partition coefficient (Wildman–Crippen LogP) is 2.95. The number of rotatable bonds is 6. The van der Waals surface area contributed by atoms with Crippen molar-refractivity contribution >= 4 is 5.97 Å². The van der Waals surface area contributed by atoms with E-state index in [-0.39, 0.29) is 5.97 Å². The average Bonchev–Trinajstić information content (AvgIpc) is 2.37. The molecule has 1 aromatic rings. The standard InChI is InChI=1S/C15H23NO2/c1-5-16(10-12(2)3)11-13-6-8-14(9-7-13)15(17)18-4/h6-9,12H,5,10-11H2,1-4H3. The number of methoxy groups -OCH3 is 1. The van der Waals surface area contributed by atoms with Gasteiger partial charge < -0.3 is 4.74 Å². The van der Waals surface area contributed by atoms with Crippen molar-refractivity contribution in [3.8, 4) is 0 Å². The lowest BCUT2D eigenvalue weighted by atomic mass is 10.1. The Morgan fingerprint density at radius 3 is 2.33 bits per heavy atom. The third kappa shape index (κ3) is 4.49. The number of esters is 1. The normalized spacial score (nSPS) is 11.0. The first-order valence-electron chi connectivity index (χ1n) is 6.46. The second-order valence-corrected chi connectivity index (χ2v) is 4.91. The smallest absolute Gasteiger partial charge is 0.337 e. The minimum atomic E-state index is -0.281. The van der Waals surface area contributed by atoms with Crippen LogP contribution >= 0.6 is 0 Å². The van der Waals surface area contributed by atoms with Crippen molar-refractivity contribution in [1.29, 1.82) is 0 Å². The van der Waals surface area contributed by atoms with Crippen molar-refractivity contribution in [3.05, 3.63) is 35.4 Å². The minimum Gasteiger partial charge on any atom is -0.465 e. The van der Waals surface area contributed by atoms with Crippen LogP contribution in [0.1, 0.15) is 36.7 Å². The van der Waals surface area contributed by atoms with Crippen molar-refractivity contribution in [2.24, 2.45) is 5.92 Å². The molecule has 0 aliphatic rings. The van der Waals surface area contributed by atoms with E-state index in [1.807, 2.05) is 24.3 Å². The number of ether oxygens (including phenoxy) is 1. The van der Waals surface area contributed by atoms with E-state index in [2.05, 4.69) is 30.4 Å². The SMILES string of the molecule is CCN(Cc1ccc(C(=O)OC)cc1)CC(C)C. The molecule has 0 aliphatic heterocycles. The Labute approximate surface area is 110 Å². The predicted molar refractivity (Wildman–Crippen MR) is 73.6 cm³/mol. The summed E-state index contributed by atoms with van der Waals surface area (Å²) in [6.07, 6.45) is 0. The Kier molecular flexibility index (Phi) is 5.86. The average molecular weight is 249 g/mol. The number of benzene rings is 1. The van der Waals surface area contributed by atoms with E-state index in [1.165, 1.54) is 12.7 Å². The van der Waals surface area contributed by atoms with Crippen molar-refractivity contribution in [2.75, 3.05) is 20.2 Å². The van der Waals surface area contributed by atoms with Crippen LogP contribution in [0, 0.1) is 5.92 Å². The van der Waals surface area contributed by atoms with E-state index in [9.17, 15) is 4.79 Å². The van der Waals surface area contributed by atoms with Crippen molar-refractivity contribution in [2.45, 2.75) is 27.3 Å². The molecule has 3 nitrogen and oxygen atoms in total. The topological polar surface area (TPSA) is 29.5 Å². The quantitative estimate of drug-likeness (QED) is 0.726. The lowest BCUT2D eigenvalue weighted by Crippen LogP contribution is -2.27. The molecule has 0 aromatic heterocycles. The van der Waals surface area contributed by atoms with Crippen LogP contribution in [0.4, 0.5) is 0 Å². The van der Waals surface area contributed by atoms with Gasteiger partial charge >= 0.3 is 5.97 Å². The molecule has 0 atom stereocenters. The highest BCUT2D eigenvalue weighted by atomic mass is 16.5. The molecular formula is C15H23NO2. The molecule has 0 unspecified atom stereocenters. The van der Waals surface area contributed by atoms with Gasteiger partial charge in [-0.2, -0.15) is 0 Å². The van der Waals surface area contributed by atoms with E-state index in [0.717, 1.165) is 19.6 Å². The fourth-order valence-electron chi connectivity index (χ4n) is 1.94. The molecule has 0 radical (unpaired) electrons. The molecule has 1 aromatic carbocycles. The molecule has 0 bridgehead atoms. The maximum absolute atomic E-state index is 11.3. The van der Waals surface area contributed by atoms with Crippen LogP contribution in [0.2, 0.25) is 0 Å². The fourth-order valence-corrected chi connectivity index (χ4v) is 1.94. The molecule has 3 heteroatoms. The molecule has 0 N–H and O–H groups in total. The Hall–Kier alpha value is -1.35. The second kappa shape index (κ2) is 7.17. The van der Waals surface area contributed by atoms with Gasteiger partial charge in [0.1, 0.15) is 0 Å². The summed E-state index contributed by atoms with van der Waals surface area (Å²) in [5.41, 5.74) is 1.83. The zero-order valence-electron chi connectivity index (χ0n) is 11.8. The first-order valence-corrected chi connectivity index (χ1v) is 6.46. The monoisotopic (exact) mass is 249 g/mol. The van der Waals surface area contributed by atoms with Gasteiger partial charge in [-0.25, -0.2) is 4.79 Å². The summed E-state index contributed by atoms with van der Waals surface area (Å²) in [4.78, 5) is 13.7. The van der Waals surface area contributed by atoms with Gasteiger partial charge in [-0.05, 0) is 30.2 Å².